The first-order valence-corrected chi connectivity index (χ1v) is 5.21. The monoisotopic (exact) mass is 206 g/mol. The Morgan fingerprint density at radius 1 is 1.43 bits per heavy atom. The molecule has 1 aromatic carbocycles. The van der Waals surface area contributed by atoms with E-state index in [0.29, 0.717) is 6.42 Å². The first-order valence-electron chi connectivity index (χ1n) is 4.33. The van der Waals surface area contributed by atoms with Crippen LogP contribution in [-0.2, 0) is 11.2 Å². The van der Waals surface area contributed by atoms with E-state index in [1.54, 1.807) is 18.4 Å². The molecule has 1 heterocycles. The molecular formula is C11H10O2S. The maximum Gasteiger partial charge on any atom is 0.136 e. The fourth-order valence-electron chi connectivity index (χ4n) is 1.52. The Morgan fingerprint density at radius 3 is 3.00 bits per heavy atom. The molecular weight excluding hydrogens is 196 g/mol. The number of aldehydes is 1. The summed E-state index contributed by atoms with van der Waals surface area (Å²) >= 11 is 1.64. The summed E-state index contributed by atoms with van der Waals surface area (Å²) in [6, 6.07) is 5.89. The van der Waals surface area contributed by atoms with Gasteiger partial charge in [0.1, 0.15) is 12.0 Å². The molecule has 0 fully saturated rings. The highest BCUT2D eigenvalue weighted by Gasteiger charge is 2.06. The van der Waals surface area contributed by atoms with Gasteiger partial charge in [0.2, 0.25) is 0 Å². The second-order valence-electron chi connectivity index (χ2n) is 2.96. The van der Waals surface area contributed by atoms with Gasteiger partial charge in [-0.25, -0.2) is 0 Å². The number of thiophene rings is 1. The molecule has 14 heavy (non-hydrogen) atoms. The van der Waals surface area contributed by atoms with Gasteiger partial charge in [0.15, 0.2) is 0 Å². The van der Waals surface area contributed by atoms with Crippen molar-refractivity contribution in [2.75, 3.05) is 7.11 Å². The van der Waals surface area contributed by atoms with Gasteiger partial charge in [0, 0.05) is 6.42 Å². The molecule has 72 valence electrons. The van der Waals surface area contributed by atoms with Crippen molar-refractivity contribution in [2.45, 2.75) is 6.42 Å². The second-order valence-corrected chi connectivity index (χ2v) is 3.88. The van der Waals surface area contributed by atoms with E-state index in [4.69, 9.17) is 4.74 Å². The molecule has 0 aliphatic rings. The average molecular weight is 206 g/mol. The van der Waals surface area contributed by atoms with E-state index in [2.05, 4.69) is 0 Å². The lowest BCUT2D eigenvalue weighted by molar-refractivity contribution is -0.107. The molecule has 0 unspecified atom stereocenters. The Kier molecular flexibility index (Phi) is 2.50. The highest BCUT2D eigenvalue weighted by molar-refractivity contribution is 7.17. The van der Waals surface area contributed by atoms with Crippen LogP contribution in [0.2, 0.25) is 0 Å². The first kappa shape index (κ1) is 9.21. The van der Waals surface area contributed by atoms with Crippen LogP contribution < -0.4 is 4.74 Å². The van der Waals surface area contributed by atoms with Crippen molar-refractivity contribution in [3.8, 4) is 5.75 Å². The largest absolute Gasteiger partial charge is 0.495 e. The molecule has 3 heteroatoms. The van der Waals surface area contributed by atoms with Crippen molar-refractivity contribution in [3.05, 3.63) is 29.1 Å². The summed E-state index contributed by atoms with van der Waals surface area (Å²) < 4.78 is 6.36. The van der Waals surface area contributed by atoms with Gasteiger partial charge in [-0.2, -0.15) is 0 Å². The maximum absolute atomic E-state index is 10.5. The number of methoxy groups -OCH3 is 1. The Bertz CT molecular complexity index is 459. The summed E-state index contributed by atoms with van der Waals surface area (Å²) in [5.41, 5.74) is 1.07. The van der Waals surface area contributed by atoms with Crippen LogP contribution in [-0.4, -0.2) is 13.4 Å². The van der Waals surface area contributed by atoms with E-state index in [1.807, 2.05) is 23.6 Å². The smallest absolute Gasteiger partial charge is 0.136 e. The lowest BCUT2D eigenvalue weighted by atomic mass is 10.1. The predicted molar refractivity (Wildman–Crippen MR) is 58.1 cm³/mol. The molecule has 0 saturated heterocycles. The van der Waals surface area contributed by atoms with Crippen LogP contribution in [0.15, 0.2) is 23.6 Å². The Balaban J connectivity index is 2.65. The predicted octanol–water partition coefficient (Wildman–Crippen LogP) is 2.65. The number of carbonyl (C=O) groups excluding carboxylic acids is 1. The minimum Gasteiger partial charge on any atom is -0.495 e. The number of hydrogen-bond acceptors (Lipinski definition) is 3. The van der Waals surface area contributed by atoms with Gasteiger partial charge in [-0.1, -0.05) is 6.07 Å². The number of benzene rings is 1. The van der Waals surface area contributed by atoms with E-state index in [1.165, 1.54) is 0 Å². The average Bonchev–Trinajstić information content (AvgIpc) is 2.67. The summed E-state index contributed by atoms with van der Waals surface area (Å²) in [6.45, 7) is 0. The van der Waals surface area contributed by atoms with Crippen LogP contribution in [0.4, 0.5) is 0 Å². The topological polar surface area (TPSA) is 26.3 Å². The Labute approximate surface area is 86.1 Å². The summed E-state index contributed by atoms with van der Waals surface area (Å²) in [6.07, 6.45) is 1.40. The zero-order chi connectivity index (χ0) is 9.97. The Hall–Kier alpha value is -1.35. The molecule has 1 aromatic heterocycles. The van der Waals surface area contributed by atoms with Crippen molar-refractivity contribution in [1.82, 2.24) is 0 Å². The number of ether oxygens (including phenoxy) is 1. The molecule has 0 spiro atoms. The first-order chi connectivity index (χ1) is 6.86. The van der Waals surface area contributed by atoms with E-state index in [-0.39, 0.29) is 0 Å². The van der Waals surface area contributed by atoms with E-state index < -0.39 is 0 Å². The third-order valence-corrected chi connectivity index (χ3v) is 3.12. The number of fused-ring (bicyclic) bond motifs is 1. The molecule has 0 aliphatic carbocycles. The normalized spacial score (nSPS) is 10.4. The standard InChI is InChI=1S/C11H10O2S/c1-13-10-3-2-8(4-6-12)9-5-7-14-11(9)10/h2-3,5-7H,4H2,1H3. The molecule has 0 amide bonds. The van der Waals surface area contributed by atoms with Crippen LogP contribution in [0.1, 0.15) is 5.56 Å². The van der Waals surface area contributed by atoms with Crippen LogP contribution in [0, 0.1) is 0 Å². The highest BCUT2D eigenvalue weighted by atomic mass is 32.1. The molecule has 0 atom stereocenters. The Morgan fingerprint density at radius 2 is 2.29 bits per heavy atom. The second kappa shape index (κ2) is 3.80. The fourth-order valence-corrected chi connectivity index (χ4v) is 2.46. The summed E-state index contributed by atoms with van der Waals surface area (Å²) in [4.78, 5) is 10.5. The van der Waals surface area contributed by atoms with Gasteiger partial charge in [0.05, 0.1) is 11.8 Å². The van der Waals surface area contributed by atoms with E-state index in [9.17, 15) is 4.79 Å². The minimum atomic E-state index is 0.469. The molecule has 2 nitrogen and oxygen atoms in total. The van der Waals surface area contributed by atoms with Gasteiger partial charge < -0.3 is 9.53 Å². The molecule has 0 radical (unpaired) electrons. The van der Waals surface area contributed by atoms with Gasteiger partial charge in [0.25, 0.3) is 0 Å². The van der Waals surface area contributed by atoms with Crippen molar-refractivity contribution in [3.63, 3.8) is 0 Å². The highest BCUT2D eigenvalue weighted by Crippen LogP contribution is 2.32. The molecule has 0 aliphatic heterocycles. The summed E-state index contributed by atoms with van der Waals surface area (Å²) in [5, 5.41) is 3.14. The van der Waals surface area contributed by atoms with Gasteiger partial charge in [-0.3, -0.25) is 0 Å². The number of carbonyl (C=O) groups is 1. The maximum atomic E-state index is 10.5. The van der Waals surface area contributed by atoms with Crippen molar-refractivity contribution in [2.24, 2.45) is 0 Å². The van der Waals surface area contributed by atoms with Crippen molar-refractivity contribution < 1.29 is 9.53 Å². The molecule has 2 aromatic rings. The van der Waals surface area contributed by atoms with E-state index >= 15 is 0 Å². The summed E-state index contributed by atoms with van der Waals surface area (Å²) in [5.74, 6) is 0.879. The zero-order valence-electron chi connectivity index (χ0n) is 7.82. The van der Waals surface area contributed by atoms with Crippen LogP contribution in [0.5, 0.6) is 5.75 Å². The van der Waals surface area contributed by atoms with Gasteiger partial charge in [-0.15, -0.1) is 11.3 Å². The molecule has 0 bridgehead atoms. The summed E-state index contributed by atoms with van der Waals surface area (Å²) in [7, 11) is 1.66. The van der Waals surface area contributed by atoms with Crippen LogP contribution in [0.3, 0.4) is 0 Å². The SMILES string of the molecule is COc1ccc(CC=O)c2ccsc12. The van der Waals surface area contributed by atoms with Gasteiger partial charge in [-0.05, 0) is 28.5 Å². The van der Waals surface area contributed by atoms with Crippen LogP contribution in [0.25, 0.3) is 10.1 Å². The van der Waals surface area contributed by atoms with Crippen LogP contribution >= 0.6 is 11.3 Å². The molecule has 0 N–H and O–H groups in total. The van der Waals surface area contributed by atoms with E-state index in [0.717, 1.165) is 27.7 Å². The van der Waals surface area contributed by atoms with Crippen molar-refractivity contribution >= 4 is 27.7 Å². The third kappa shape index (κ3) is 1.40. The lowest BCUT2D eigenvalue weighted by Gasteiger charge is -2.04. The fraction of sp³-hybridized carbons (Fsp3) is 0.182. The molecule has 2 rings (SSSR count). The zero-order valence-corrected chi connectivity index (χ0v) is 8.64. The lowest BCUT2D eigenvalue weighted by Crippen LogP contribution is -1.88. The number of rotatable bonds is 3. The third-order valence-electron chi connectivity index (χ3n) is 2.19. The minimum absolute atomic E-state index is 0.469. The molecule has 0 saturated carbocycles. The van der Waals surface area contributed by atoms with Gasteiger partial charge >= 0.3 is 0 Å². The number of hydrogen-bond donors (Lipinski definition) is 0. The quantitative estimate of drug-likeness (QED) is 0.722. The van der Waals surface area contributed by atoms with Crippen molar-refractivity contribution in [1.29, 1.82) is 0 Å².